The van der Waals surface area contributed by atoms with Gasteiger partial charge in [-0.05, 0) is 47.0 Å². The van der Waals surface area contributed by atoms with Gasteiger partial charge < -0.3 is 24.6 Å². The van der Waals surface area contributed by atoms with Gasteiger partial charge in [-0.15, -0.1) is 0 Å². The first-order valence-corrected chi connectivity index (χ1v) is 15.2. The molecule has 43 heavy (non-hydrogen) atoms. The zero-order valence-electron chi connectivity index (χ0n) is 25.0. The SMILES string of the molecule is COCCN(CC(=O)CNC(CN1CCOCC1)c1ccc(-c2cccc(C(=O)N(C)C)c2)cc1)c1ccc(Cl)c(Cl)c1. The Morgan fingerprint density at radius 1 is 0.977 bits per heavy atom. The maximum absolute atomic E-state index is 13.3. The zero-order valence-corrected chi connectivity index (χ0v) is 26.5. The summed E-state index contributed by atoms with van der Waals surface area (Å²) < 4.78 is 10.8. The molecule has 3 aromatic rings. The van der Waals surface area contributed by atoms with Crippen LogP contribution in [0.5, 0.6) is 0 Å². The first-order chi connectivity index (χ1) is 20.7. The molecule has 0 radical (unpaired) electrons. The normalized spacial score (nSPS) is 14.3. The van der Waals surface area contributed by atoms with E-state index < -0.39 is 0 Å². The van der Waals surface area contributed by atoms with Gasteiger partial charge in [-0.2, -0.15) is 0 Å². The van der Waals surface area contributed by atoms with E-state index in [1.807, 2.05) is 35.2 Å². The summed E-state index contributed by atoms with van der Waals surface area (Å²) in [4.78, 5) is 31.6. The van der Waals surface area contributed by atoms with Gasteiger partial charge in [0.2, 0.25) is 0 Å². The lowest BCUT2D eigenvalue weighted by Gasteiger charge is -2.31. The van der Waals surface area contributed by atoms with Crippen molar-refractivity contribution in [3.8, 4) is 11.1 Å². The number of nitrogens with one attached hydrogen (secondary N) is 1. The number of anilines is 1. The topological polar surface area (TPSA) is 74.4 Å². The van der Waals surface area contributed by atoms with Crippen LogP contribution in [-0.4, -0.2) is 102 Å². The van der Waals surface area contributed by atoms with Crippen molar-refractivity contribution in [1.82, 2.24) is 15.1 Å². The van der Waals surface area contributed by atoms with Gasteiger partial charge in [-0.25, -0.2) is 0 Å². The van der Waals surface area contributed by atoms with Crippen LogP contribution in [0.4, 0.5) is 5.69 Å². The van der Waals surface area contributed by atoms with E-state index in [4.69, 9.17) is 32.7 Å². The third kappa shape index (κ3) is 9.50. The molecule has 1 atom stereocenters. The van der Waals surface area contributed by atoms with E-state index in [0.717, 1.165) is 42.0 Å². The summed E-state index contributed by atoms with van der Waals surface area (Å²) in [6, 6.07) is 21.3. The van der Waals surface area contributed by atoms with Crippen LogP contribution in [0.3, 0.4) is 0 Å². The first kappa shape index (κ1) is 32.9. The highest BCUT2D eigenvalue weighted by atomic mass is 35.5. The molecule has 0 saturated carbocycles. The quantitative estimate of drug-likeness (QED) is 0.268. The van der Waals surface area contributed by atoms with Gasteiger partial charge in [-0.3, -0.25) is 14.5 Å². The van der Waals surface area contributed by atoms with Gasteiger partial charge >= 0.3 is 0 Å². The molecular formula is C33H40Cl2N4O4. The minimum Gasteiger partial charge on any atom is -0.383 e. The average Bonchev–Trinajstić information content (AvgIpc) is 3.02. The molecule has 230 valence electrons. The number of hydrogen-bond acceptors (Lipinski definition) is 7. The number of ether oxygens (including phenoxy) is 2. The second-order valence-electron chi connectivity index (χ2n) is 10.8. The summed E-state index contributed by atoms with van der Waals surface area (Å²) in [6.07, 6.45) is 0. The predicted molar refractivity (Wildman–Crippen MR) is 173 cm³/mol. The Bertz CT molecular complexity index is 1360. The molecule has 1 unspecified atom stereocenters. The fraction of sp³-hybridized carbons (Fsp3) is 0.394. The third-order valence-corrected chi connectivity index (χ3v) is 8.19. The van der Waals surface area contributed by atoms with Crippen molar-refractivity contribution in [1.29, 1.82) is 0 Å². The molecule has 1 heterocycles. The highest BCUT2D eigenvalue weighted by Gasteiger charge is 2.21. The molecule has 1 aliphatic heterocycles. The highest BCUT2D eigenvalue weighted by molar-refractivity contribution is 6.42. The van der Waals surface area contributed by atoms with Crippen LogP contribution in [0.15, 0.2) is 66.7 Å². The molecule has 1 fully saturated rings. The molecule has 0 spiro atoms. The van der Waals surface area contributed by atoms with E-state index in [1.54, 1.807) is 38.2 Å². The second kappa shape index (κ2) is 16.2. The van der Waals surface area contributed by atoms with Gasteiger partial charge in [-0.1, -0.05) is 59.6 Å². The Labute approximate surface area is 264 Å². The van der Waals surface area contributed by atoms with E-state index in [2.05, 4.69) is 34.5 Å². The summed E-state index contributed by atoms with van der Waals surface area (Å²) in [5.74, 6) is 0.0194. The van der Waals surface area contributed by atoms with Gasteiger partial charge in [0.25, 0.3) is 5.91 Å². The van der Waals surface area contributed by atoms with E-state index in [9.17, 15) is 9.59 Å². The van der Waals surface area contributed by atoms with Gasteiger partial charge in [0.1, 0.15) is 0 Å². The number of benzene rings is 3. The van der Waals surface area contributed by atoms with E-state index in [1.165, 1.54) is 0 Å². The zero-order chi connectivity index (χ0) is 30.8. The number of amides is 1. The van der Waals surface area contributed by atoms with Gasteiger partial charge in [0.15, 0.2) is 5.78 Å². The molecule has 8 nitrogen and oxygen atoms in total. The Kier molecular flexibility index (Phi) is 12.4. The van der Waals surface area contributed by atoms with Crippen LogP contribution in [0, 0.1) is 0 Å². The van der Waals surface area contributed by atoms with Crippen molar-refractivity contribution in [2.24, 2.45) is 0 Å². The van der Waals surface area contributed by atoms with Crippen molar-refractivity contribution >= 4 is 40.6 Å². The largest absolute Gasteiger partial charge is 0.383 e. The number of carbonyl (C=O) groups is 2. The van der Waals surface area contributed by atoms with Crippen molar-refractivity contribution in [2.75, 3.05) is 85.2 Å². The number of Topliss-reactive ketones (excluding diaryl/α,β-unsaturated/α-hetero) is 1. The minimum atomic E-state index is -0.0600. The Morgan fingerprint density at radius 2 is 1.72 bits per heavy atom. The van der Waals surface area contributed by atoms with Crippen molar-refractivity contribution < 1.29 is 19.1 Å². The third-order valence-electron chi connectivity index (χ3n) is 7.45. The fourth-order valence-electron chi connectivity index (χ4n) is 5.02. The minimum absolute atomic E-state index is 0.0298. The first-order valence-electron chi connectivity index (χ1n) is 14.4. The highest BCUT2D eigenvalue weighted by Crippen LogP contribution is 2.28. The maximum atomic E-state index is 13.3. The molecule has 0 bridgehead atoms. The van der Waals surface area contributed by atoms with Gasteiger partial charge in [0.05, 0.1) is 43.0 Å². The van der Waals surface area contributed by atoms with Crippen molar-refractivity contribution in [3.63, 3.8) is 0 Å². The number of nitrogens with zero attached hydrogens (tertiary/aromatic N) is 3. The number of rotatable bonds is 14. The Balaban J connectivity index is 1.47. The standard InChI is InChI=1S/C33H40Cl2N4O4/c1-37(2)33(41)27-6-4-5-26(19-27)24-7-9-25(10-8-24)32(23-38-13-17-43-18-14-38)36-21-29(40)22-39(15-16-42-3)28-11-12-30(34)31(35)20-28/h4-12,19-20,32,36H,13-18,21-23H2,1-3H3. The summed E-state index contributed by atoms with van der Waals surface area (Å²) in [5, 5.41) is 4.44. The van der Waals surface area contributed by atoms with Crippen molar-refractivity contribution in [3.05, 3.63) is 87.9 Å². The summed E-state index contributed by atoms with van der Waals surface area (Å²) >= 11 is 12.4. The van der Waals surface area contributed by atoms with Crippen LogP contribution in [-0.2, 0) is 14.3 Å². The van der Waals surface area contributed by atoms with Crippen LogP contribution in [0.1, 0.15) is 22.0 Å². The van der Waals surface area contributed by atoms with Gasteiger partial charge in [0, 0.05) is 64.7 Å². The summed E-state index contributed by atoms with van der Waals surface area (Å²) in [6.45, 7) is 5.27. The summed E-state index contributed by atoms with van der Waals surface area (Å²) in [5.41, 5.74) is 4.55. The number of carbonyl (C=O) groups excluding carboxylic acids is 2. The number of hydrogen-bond donors (Lipinski definition) is 1. The van der Waals surface area contributed by atoms with Crippen LogP contribution < -0.4 is 10.2 Å². The molecule has 1 amide bonds. The number of halogens is 2. The van der Waals surface area contributed by atoms with Crippen LogP contribution in [0.25, 0.3) is 11.1 Å². The Morgan fingerprint density at radius 3 is 2.40 bits per heavy atom. The molecule has 0 aromatic heterocycles. The number of ketones is 1. The smallest absolute Gasteiger partial charge is 0.253 e. The molecule has 1 N–H and O–H groups in total. The number of morpholine rings is 1. The lowest BCUT2D eigenvalue weighted by Crippen LogP contribution is -2.44. The molecule has 0 aliphatic carbocycles. The Hall–Kier alpha value is -2.98. The lowest BCUT2D eigenvalue weighted by atomic mass is 9.98. The van der Waals surface area contributed by atoms with Crippen LogP contribution >= 0.6 is 23.2 Å². The number of methoxy groups -OCH3 is 1. The molecule has 3 aromatic carbocycles. The lowest BCUT2D eigenvalue weighted by molar-refractivity contribution is -0.117. The van der Waals surface area contributed by atoms with E-state index >= 15 is 0 Å². The average molecular weight is 628 g/mol. The molecule has 1 aliphatic rings. The van der Waals surface area contributed by atoms with E-state index in [0.29, 0.717) is 42.0 Å². The molecule has 4 rings (SSSR count). The molecular weight excluding hydrogens is 587 g/mol. The monoisotopic (exact) mass is 626 g/mol. The molecule has 10 heteroatoms. The maximum Gasteiger partial charge on any atom is 0.253 e. The summed E-state index contributed by atoms with van der Waals surface area (Å²) in [7, 11) is 5.14. The van der Waals surface area contributed by atoms with E-state index in [-0.39, 0.29) is 30.8 Å². The fourth-order valence-corrected chi connectivity index (χ4v) is 5.31. The predicted octanol–water partition coefficient (Wildman–Crippen LogP) is 5.05. The molecule has 1 saturated heterocycles. The van der Waals surface area contributed by atoms with Crippen molar-refractivity contribution in [2.45, 2.75) is 6.04 Å². The second-order valence-corrected chi connectivity index (χ2v) is 11.6. The van der Waals surface area contributed by atoms with Crippen LogP contribution in [0.2, 0.25) is 10.0 Å².